The molecule has 0 bridgehead atoms. The minimum atomic E-state index is -0.0793. The third kappa shape index (κ3) is 2.86. The van der Waals surface area contributed by atoms with E-state index in [1.165, 1.54) is 32.1 Å². The molecule has 0 aromatic heterocycles. The highest BCUT2D eigenvalue weighted by Gasteiger charge is 2.37. The zero-order valence-electron chi connectivity index (χ0n) is 9.85. The highest BCUT2D eigenvalue weighted by molar-refractivity contribution is 5.85. The van der Waals surface area contributed by atoms with Gasteiger partial charge < -0.3 is 10.0 Å². The zero-order chi connectivity index (χ0) is 10.1. The van der Waals surface area contributed by atoms with Crippen LogP contribution < -0.4 is 0 Å². The van der Waals surface area contributed by atoms with Gasteiger partial charge in [-0.15, -0.1) is 12.4 Å². The number of rotatable bonds is 1. The molecule has 2 aliphatic rings. The molecule has 2 saturated carbocycles. The number of likely N-dealkylation sites (N-methyl/N-ethyl adjacent to an activating group) is 1. The second kappa shape index (κ2) is 5.51. The van der Waals surface area contributed by atoms with Crippen molar-refractivity contribution in [3.05, 3.63) is 0 Å². The summed E-state index contributed by atoms with van der Waals surface area (Å²) >= 11 is 0. The maximum absolute atomic E-state index is 10.0. The minimum Gasteiger partial charge on any atom is -0.391 e. The highest BCUT2D eigenvalue weighted by Crippen LogP contribution is 2.41. The van der Waals surface area contributed by atoms with E-state index in [4.69, 9.17) is 0 Å². The molecule has 4 atom stereocenters. The Labute approximate surface area is 99.4 Å². The van der Waals surface area contributed by atoms with Crippen LogP contribution >= 0.6 is 12.4 Å². The second-order valence-corrected chi connectivity index (χ2v) is 5.37. The van der Waals surface area contributed by atoms with Gasteiger partial charge in [-0.05, 0) is 38.8 Å². The number of aliphatic hydroxyl groups excluding tert-OH is 1. The third-order valence-corrected chi connectivity index (χ3v) is 4.26. The van der Waals surface area contributed by atoms with Crippen molar-refractivity contribution in [1.29, 1.82) is 0 Å². The highest BCUT2D eigenvalue weighted by atomic mass is 35.5. The topological polar surface area (TPSA) is 23.5 Å². The smallest absolute Gasteiger partial charge is 0.0698 e. The van der Waals surface area contributed by atoms with Crippen molar-refractivity contribution in [3.63, 3.8) is 0 Å². The molecular formula is C12H24ClNO. The van der Waals surface area contributed by atoms with Crippen LogP contribution in [-0.2, 0) is 0 Å². The fraction of sp³-hybridized carbons (Fsp3) is 1.00. The molecule has 2 nitrogen and oxygen atoms in total. The van der Waals surface area contributed by atoms with Gasteiger partial charge in [0.05, 0.1) is 6.10 Å². The first-order valence-electron chi connectivity index (χ1n) is 6.03. The summed E-state index contributed by atoms with van der Waals surface area (Å²) in [5.74, 6) is 1.73. The molecule has 15 heavy (non-hydrogen) atoms. The first kappa shape index (κ1) is 13.3. The van der Waals surface area contributed by atoms with Crippen molar-refractivity contribution in [3.8, 4) is 0 Å². The number of hydrogen-bond acceptors (Lipinski definition) is 2. The summed E-state index contributed by atoms with van der Waals surface area (Å²) in [7, 11) is 4.19. The number of nitrogens with zero attached hydrogens (tertiary/aromatic N) is 1. The standard InChI is InChI=1S/C12H23NO.ClH/c1-13(2)11-7-9-5-3-4-6-10(9)8-12(11)14;/h9-12,14H,3-8H2,1-2H3;1H. The summed E-state index contributed by atoms with van der Waals surface area (Å²) in [5, 5.41) is 10.0. The molecule has 2 aliphatic carbocycles. The SMILES string of the molecule is CN(C)C1CC2CCCCC2CC1O.Cl. The molecule has 0 radical (unpaired) electrons. The fourth-order valence-corrected chi connectivity index (χ4v) is 3.39. The van der Waals surface area contributed by atoms with Crippen LogP contribution in [0.4, 0.5) is 0 Å². The van der Waals surface area contributed by atoms with Crippen molar-refractivity contribution in [2.45, 2.75) is 50.7 Å². The normalized spacial score (nSPS) is 40.8. The first-order valence-corrected chi connectivity index (χ1v) is 6.03. The Bertz CT molecular complexity index is 198. The lowest BCUT2D eigenvalue weighted by Gasteiger charge is -2.44. The first-order chi connectivity index (χ1) is 6.68. The molecule has 0 aromatic carbocycles. The van der Waals surface area contributed by atoms with Gasteiger partial charge in [-0.1, -0.05) is 25.7 Å². The van der Waals surface area contributed by atoms with E-state index in [-0.39, 0.29) is 18.5 Å². The van der Waals surface area contributed by atoms with Crippen LogP contribution in [-0.4, -0.2) is 36.2 Å². The van der Waals surface area contributed by atoms with E-state index in [2.05, 4.69) is 19.0 Å². The lowest BCUT2D eigenvalue weighted by atomic mass is 9.68. The second-order valence-electron chi connectivity index (χ2n) is 5.37. The minimum absolute atomic E-state index is 0. The maximum atomic E-state index is 10.0. The lowest BCUT2D eigenvalue weighted by Crippen LogP contribution is -2.47. The Morgan fingerprint density at radius 1 is 1.00 bits per heavy atom. The quantitative estimate of drug-likeness (QED) is 0.752. The van der Waals surface area contributed by atoms with Crippen molar-refractivity contribution in [1.82, 2.24) is 4.90 Å². The third-order valence-electron chi connectivity index (χ3n) is 4.26. The average Bonchev–Trinajstić information content (AvgIpc) is 2.16. The molecule has 1 N–H and O–H groups in total. The molecule has 0 amide bonds. The van der Waals surface area contributed by atoms with Crippen LogP contribution in [0.1, 0.15) is 38.5 Å². The summed E-state index contributed by atoms with van der Waals surface area (Å²) in [6.07, 6.45) is 7.76. The van der Waals surface area contributed by atoms with E-state index in [0.29, 0.717) is 6.04 Å². The summed E-state index contributed by atoms with van der Waals surface area (Å²) < 4.78 is 0. The van der Waals surface area contributed by atoms with Gasteiger partial charge in [0.15, 0.2) is 0 Å². The molecule has 0 spiro atoms. The molecule has 2 rings (SSSR count). The Balaban J connectivity index is 0.00000112. The molecular weight excluding hydrogens is 210 g/mol. The van der Waals surface area contributed by atoms with Crippen molar-refractivity contribution in [2.75, 3.05) is 14.1 Å². The van der Waals surface area contributed by atoms with Gasteiger partial charge in [0.25, 0.3) is 0 Å². The average molecular weight is 234 g/mol. The summed E-state index contributed by atoms with van der Waals surface area (Å²) in [6, 6.07) is 0.411. The van der Waals surface area contributed by atoms with Crippen molar-refractivity contribution < 1.29 is 5.11 Å². The van der Waals surface area contributed by atoms with Crippen LogP contribution in [0.15, 0.2) is 0 Å². The molecule has 0 heterocycles. The Hall–Kier alpha value is 0.210. The van der Waals surface area contributed by atoms with E-state index >= 15 is 0 Å². The van der Waals surface area contributed by atoms with Crippen molar-refractivity contribution >= 4 is 12.4 Å². The number of fused-ring (bicyclic) bond motifs is 1. The lowest BCUT2D eigenvalue weighted by molar-refractivity contribution is -0.0157. The van der Waals surface area contributed by atoms with E-state index in [9.17, 15) is 5.11 Å². The molecule has 4 unspecified atom stereocenters. The van der Waals surface area contributed by atoms with E-state index in [0.717, 1.165) is 18.3 Å². The molecule has 2 fully saturated rings. The number of hydrogen-bond donors (Lipinski definition) is 1. The molecule has 90 valence electrons. The van der Waals surface area contributed by atoms with Gasteiger partial charge in [0.1, 0.15) is 0 Å². The summed E-state index contributed by atoms with van der Waals surface area (Å²) in [5.41, 5.74) is 0. The van der Waals surface area contributed by atoms with Gasteiger partial charge in [-0.3, -0.25) is 0 Å². The van der Waals surface area contributed by atoms with E-state index in [1.54, 1.807) is 0 Å². The van der Waals surface area contributed by atoms with Crippen molar-refractivity contribution in [2.24, 2.45) is 11.8 Å². The van der Waals surface area contributed by atoms with Gasteiger partial charge in [0.2, 0.25) is 0 Å². The van der Waals surface area contributed by atoms with Crippen LogP contribution in [0.25, 0.3) is 0 Å². The predicted octanol–water partition coefficient (Wildman–Crippen LogP) is 2.30. The number of aliphatic hydroxyl groups is 1. The molecule has 0 aliphatic heterocycles. The zero-order valence-corrected chi connectivity index (χ0v) is 10.7. The molecule has 3 heteroatoms. The van der Waals surface area contributed by atoms with Gasteiger partial charge in [0, 0.05) is 6.04 Å². The molecule has 0 aromatic rings. The van der Waals surface area contributed by atoms with Crippen LogP contribution in [0.2, 0.25) is 0 Å². The largest absolute Gasteiger partial charge is 0.391 e. The Morgan fingerprint density at radius 2 is 1.53 bits per heavy atom. The van der Waals surface area contributed by atoms with Gasteiger partial charge in [-0.2, -0.15) is 0 Å². The Kier molecular flexibility index (Phi) is 4.88. The Morgan fingerprint density at radius 3 is 2.07 bits per heavy atom. The molecule has 0 saturated heterocycles. The van der Waals surface area contributed by atoms with Crippen LogP contribution in [0, 0.1) is 11.8 Å². The summed E-state index contributed by atoms with van der Waals surface area (Å²) in [4.78, 5) is 2.20. The fourth-order valence-electron chi connectivity index (χ4n) is 3.39. The van der Waals surface area contributed by atoms with Crippen LogP contribution in [0.3, 0.4) is 0 Å². The van der Waals surface area contributed by atoms with E-state index in [1.807, 2.05) is 0 Å². The van der Waals surface area contributed by atoms with Crippen LogP contribution in [0.5, 0.6) is 0 Å². The summed E-state index contributed by atoms with van der Waals surface area (Å²) in [6.45, 7) is 0. The van der Waals surface area contributed by atoms with E-state index < -0.39 is 0 Å². The number of halogens is 1. The van der Waals surface area contributed by atoms with Gasteiger partial charge in [-0.25, -0.2) is 0 Å². The predicted molar refractivity (Wildman–Crippen MR) is 65.4 cm³/mol. The monoisotopic (exact) mass is 233 g/mol. The maximum Gasteiger partial charge on any atom is 0.0698 e. The van der Waals surface area contributed by atoms with Gasteiger partial charge >= 0.3 is 0 Å².